The standard InChI is InChI=1S/C20H16Cl2N4O/c1-12-4-3-5-18(13(12)2)26-19-16(9-24-26)20(27)25(11-23-19)10-14-6-7-15(21)8-17(14)22/h3-9,11H,10H2,1-2H3. The van der Waals surface area contributed by atoms with Crippen LogP contribution in [0.2, 0.25) is 10.0 Å². The van der Waals surface area contributed by atoms with E-state index in [0.29, 0.717) is 27.6 Å². The smallest absolute Gasteiger partial charge is 0.264 e. The van der Waals surface area contributed by atoms with E-state index in [9.17, 15) is 4.79 Å². The van der Waals surface area contributed by atoms with E-state index in [1.54, 1.807) is 29.1 Å². The van der Waals surface area contributed by atoms with Crippen molar-refractivity contribution in [2.24, 2.45) is 0 Å². The molecule has 2 aromatic heterocycles. The van der Waals surface area contributed by atoms with Crippen LogP contribution in [0.3, 0.4) is 0 Å². The van der Waals surface area contributed by atoms with Gasteiger partial charge in [-0.2, -0.15) is 5.10 Å². The number of fused-ring (bicyclic) bond motifs is 1. The van der Waals surface area contributed by atoms with Gasteiger partial charge in [0.2, 0.25) is 0 Å². The van der Waals surface area contributed by atoms with Crippen molar-refractivity contribution in [2.75, 3.05) is 0 Å². The Morgan fingerprint density at radius 3 is 2.70 bits per heavy atom. The molecule has 2 aromatic carbocycles. The summed E-state index contributed by atoms with van der Waals surface area (Å²) < 4.78 is 3.23. The van der Waals surface area contributed by atoms with E-state index >= 15 is 0 Å². The van der Waals surface area contributed by atoms with Gasteiger partial charge in [-0.05, 0) is 48.7 Å². The molecule has 0 radical (unpaired) electrons. The molecule has 136 valence electrons. The number of aryl methyl sites for hydroxylation is 1. The fourth-order valence-corrected chi connectivity index (χ4v) is 3.50. The van der Waals surface area contributed by atoms with Gasteiger partial charge in [0.15, 0.2) is 5.65 Å². The Morgan fingerprint density at radius 2 is 1.93 bits per heavy atom. The highest BCUT2D eigenvalue weighted by Crippen LogP contribution is 2.22. The Bertz CT molecular complexity index is 1230. The van der Waals surface area contributed by atoms with Gasteiger partial charge < -0.3 is 0 Å². The first kappa shape index (κ1) is 17.8. The number of hydrogen-bond donors (Lipinski definition) is 0. The number of hydrogen-bond acceptors (Lipinski definition) is 3. The fraction of sp³-hybridized carbons (Fsp3) is 0.150. The first-order valence-electron chi connectivity index (χ1n) is 8.39. The maximum atomic E-state index is 12.9. The number of aromatic nitrogens is 4. The van der Waals surface area contributed by atoms with Crippen LogP contribution >= 0.6 is 23.2 Å². The molecule has 0 saturated carbocycles. The molecule has 0 aliphatic carbocycles. The van der Waals surface area contributed by atoms with Crippen molar-refractivity contribution in [2.45, 2.75) is 20.4 Å². The average molecular weight is 399 g/mol. The molecule has 2 heterocycles. The van der Waals surface area contributed by atoms with Crippen LogP contribution in [-0.4, -0.2) is 19.3 Å². The lowest BCUT2D eigenvalue weighted by Gasteiger charge is -2.10. The summed E-state index contributed by atoms with van der Waals surface area (Å²) in [5.41, 5.74) is 4.33. The molecule has 0 amide bonds. The Balaban J connectivity index is 1.80. The molecule has 0 bridgehead atoms. The van der Waals surface area contributed by atoms with Crippen molar-refractivity contribution >= 4 is 34.2 Å². The SMILES string of the molecule is Cc1cccc(-n2ncc3c(=O)n(Cc4ccc(Cl)cc4Cl)cnc32)c1C. The van der Waals surface area contributed by atoms with Crippen LogP contribution in [0.15, 0.2) is 53.7 Å². The fourth-order valence-electron chi connectivity index (χ4n) is 3.04. The third kappa shape index (κ3) is 3.13. The van der Waals surface area contributed by atoms with Gasteiger partial charge in [0.1, 0.15) is 11.7 Å². The molecule has 0 fully saturated rings. The van der Waals surface area contributed by atoms with Crippen molar-refractivity contribution in [3.8, 4) is 5.69 Å². The van der Waals surface area contributed by atoms with Crippen LogP contribution in [0.1, 0.15) is 16.7 Å². The summed E-state index contributed by atoms with van der Waals surface area (Å²) in [5.74, 6) is 0. The Labute approximate surface area is 165 Å². The van der Waals surface area contributed by atoms with E-state index in [0.717, 1.165) is 22.4 Å². The van der Waals surface area contributed by atoms with Crippen molar-refractivity contribution in [3.05, 3.63) is 86.0 Å². The van der Waals surface area contributed by atoms with E-state index in [1.807, 2.05) is 32.0 Å². The van der Waals surface area contributed by atoms with E-state index in [1.165, 1.54) is 10.9 Å². The van der Waals surface area contributed by atoms with Crippen LogP contribution < -0.4 is 5.56 Å². The largest absolute Gasteiger partial charge is 0.294 e. The van der Waals surface area contributed by atoms with Crippen molar-refractivity contribution in [1.29, 1.82) is 0 Å². The summed E-state index contributed by atoms with van der Waals surface area (Å²) >= 11 is 12.2. The summed E-state index contributed by atoms with van der Waals surface area (Å²) in [5, 5.41) is 5.93. The van der Waals surface area contributed by atoms with Crippen LogP contribution in [-0.2, 0) is 6.54 Å². The second-order valence-electron chi connectivity index (χ2n) is 6.43. The Kier molecular flexibility index (Phi) is 4.50. The zero-order chi connectivity index (χ0) is 19.1. The van der Waals surface area contributed by atoms with Crippen molar-refractivity contribution in [3.63, 3.8) is 0 Å². The van der Waals surface area contributed by atoms with Crippen LogP contribution in [0.25, 0.3) is 16.7 Å². The summed E-state index contributed by atoms with van der Waals surface area (Å²) in [6, 6.07) is 11.2. The molecule has 0 saturated heterocycles. The molecule has 0 aliphatic rings. The zero-order valence-electron chi connectivity index (χ0n) is 14.8. The lowest BCUT2D eigenvalue weighted by Crippen LogP contribution is -2.21. The molecule has 27 heavy (non-hydrogen) atoms. The van der Waals surface area contributed by atoms with Gasteiger partial charge in [-0.25, -0.2) is 9.67 Å². The van der Waals surface area contributed by atoms with Gasteiger partial charge in [-0.1, -0.05) is 41.4 Å². The second kappa shape index (κ2) is 6.83. The van der Waals surface area contributed by atoms with Gasteiger partial charge in [0, 0.05) is 10.0 Å². The molecule has 4 rings (SSSR count). The quantitative estimate of drug-likeness (QED) is 0.508. The van der Waals surface area contributed by atoms with Crippen LogP contribution in [0, 0.1) is 13.8 Å². The molecule has 0 unspecified atom stereocenters. The van der Waals surface area contributed by atoms with E-state index < -0.39 is 0 Å². The third-order valence-electron chi connectivity index (χ3n) is 4.71. The molecule has 7 heteroatoms. The average Bonchev–Trinajstić information content (AvgIpc) is 3.06. The van der Waals surface area contributed by atoms with Gasteiger partial charge in [-0.3, -0.25) is 9.36 Å². The van der Waals surface area contributed by atoms with Crippen LogP contribution in [0.5, 0.6) is 0 Å². The lowest BCUT2D eigenvalue weighted by atomic mass is 10.1. The minimum atomic E-state index is -0.164. The molecule has 4 aromatic rings. The maximum absolute atomic E-state index is 12.9. The number of nitrogens with zero attached hydrogens (tertiary/aromatic N) is 4. The first-order chi connectivity index (χ1) is 13.0. The summed E-state index contributed by atoms with van der Waals surface area (Å²) in [7, 11) is 0. The minimum absolute atomic E-state index is 0.164. The molecule has 5 nitrogen and oxygen atoms in total. The highest BCUT2D eigenvalue weighted by Gasteiger charge is 2.14. The second-order valence-corrected chi connectivity index (χ2v) is 7.27. The topological polar surface area (TPSA) is 52.7 Å². The normalized spacial score (nSPS) is 11.3. The Hall–Kier alpha value is -2.63. The molecule has 0 aliphatic heterocycles. The highest BCUT2D eigenvalue weighted by molar-refractivity contribution is 6.35. The minimum Gasteiger partial charge on any atom is -0.294 e. The maximum Gasteiger partial charge on any atom is 0.264 e. The Morgan fingerprint density at radius 1 is 1.11 bits per heavy atom. The molecular formula is C20H16Cl2N4O. The first-order valence-corrected chi connectivity index (χ1v) is 9.15. The van der Waals surface area contributed by atoms with Gasteiger partial charge in [0.05, 0.1) is 18.4 Å². The van der Waals surface area contributed by atoms with E-state index in [2.05, 4.69) is 10.1 Å². The van der Waals surface area contributed by atoms with Gasteiger partial charge in [0.25, 0.3) is 5.56 Å². The third-order valence-corrected chi connectivity index (χ3v) is 5.30. The van der Waals surface area contributed by atoms with E-state index in [-0.39, 0.29) is 5.56 Å². The lowest BCUT2D eigenvalue weighted by molar-refractivity contribution is 0.745. The molecule has 0 N–H and O–H groups in total. The zero-order valence-corrected chi connectivity index (χ0v) is 16.3. The molecule has 0 spiro atoms. The number of benzene rings is 2. The van der Waals surface area contributed by atoms with E-state index in [4.69, 9.17) is 23.2 Å². The number of rotatable bonds is 3. The summed E-state index contributed by atoms with van der Waals surface area (Å²) in [6.45, 7) is 4.38. The van der Waals surface area contributed by atoms with Crippen molar-refractivity contribution < 1.29 is 0 Å². The summed E-state index contributed by atoms with van der Waals surface area (Å²) in [4.78, 5) is 17.4. The monoisotopic (exact) mass is 398 g/mol. The van der Waals surface area contributed by atoms with Gasteiger partial charge in [-0.15, -0.1) is 0 Å². The highest BCUT2D eigenvalue weighted by atomic mass is 35.5. The van der Waals surface area contributed by atoms with Gasteiger partial charge >= 0.3 is 0 Å². The number of halogens is 2. The molecular weight excluding hydrogens is 383 g/mol. The van der Waals surface area contributed by atoms with Crippen molar-refractivity contribution in [1.82, 2.24) is 19.3 Å². The summed E-state index contributed by atoms with van der Waals surface area (Å²) in [6.07, 6.45) is 3.09. The predicted octanol–water partition coefficient (Wildman–Crippen LogP) is 4.55. The van der Waals surface area contributed by atoms with Crippen LogP contribution in [0.4, 0.5) is 0 Å². The molecule has 0 atom stereocenters. The predicted molar refractivity (Wildman–Crippen MR) is 108 cm³/mol.